The molecule has 0 aliphatic carbocycles. The van der Waals surface area contributed by atoms with Gasteiger partial charge < -0.3 is 19.7 Å². The number of nitrogens with zero attached hydrogens (tertiary/aromatic N) is 4. The van der Waals surface area contributed by atoms with Crippen molar-refractivity contribution in [3.63, 3.8) is 0 Å². The van der Waals surface area contributed by atoms with Crippen LogP contribution in [0.4, 0.5) is 4.79 Å². The predicted octanol–water partition coefficient (Wildman–Crippen LogP) is 2.80. The Morgan fingerprint density at radius 2 is 1.83 bits per heavy atom. The Hall–Kier alpha value is -3.10. The van der Waals surface area contributed by atoms with Crippen molar-refractivity contribution in [1.29, 1.82) is 0 Å². The van der Waals surface area contributed by atoms with Crippen molar-refractivity contribution in [2.75, 3.05) is 19.7 Å². The monoisotopic (exact) mass is 415 g/mol. The number of carbonyl (C=O) groups excluding carboxylic acids is 2. The van der Waals surface area contributed by atoms with Crippen molar-refractivity contribution in [3.8, 4) is 11.4 Å². The van der Waals surface area contributed by atoms with Gasteiger partial charge >= 0.3 is 6.09 Å². The maximum absolute atomic E-state index is 12.8. The minimum absolute atomic E-state index is 0.0107. The molecule has 2 heterocycles. The topological polar surface area (TPSA) is 98.6 Å². The standard InChI is InChI=1S/C21H29N5O4/c1-5-29-17-8-6-16(7-9-17)26-14-18(23-24-26)19(27)25-12-10-15(11-13-25)22-20(28)30-21(2,3)4/h6-9,14-15H,5,10-13H2,1-4H3,(H,22,28). The molecule has 0 saturated carbocycles. The number of amides is 2. The molecule has 1 saturated heterocycles. The van der Waals surface area contributed by atoms with Crippen LogP contribution in [-0.2, 0) is 4.74 Å². The molecule has 0 spiro atoms. The highest BCUT2D eigenvalue weighted by Crippen LogP contribution is 2.17. The molecule has 1 N–H and O–H groups in total. The zero-order valence-corrected chi connectivity index (χ0v) is 17.9. The smallest absolute Gasteiger partial charge is 0.407 e. The van der Waals surface area contributed by atoms with E-state index in [2.05, 4.69) is 15.6 Å². The van der Waals surface area contributed by atoms with Crippen molar-refractivity contribution in [2.45, 2.75) is 52.2 Å². The molecule has 1 fully saturated rings. The largest absolute Gasteiger partial charge is 0.494 e. The summed E-state index contributed by atoms with van der Waals surface area (Å²) in [6.07, 6.45) is 2.53. The number of nitrogens with one attached hydrogen (secondary N) is 1. The Labute approximate surface area is 176 Å². The molecule has 0 atom stereocenters. The van der Waals surface area contributed by atoms with Crippen LogP contribution >= 0.6 is 0 Å². The van der Waals surface area contributed by atoms with E-state index in [4.69, 9.17) is 9.47 Å². The van der Waals surface area contributed by atoms with Gasteiger partial charge in [-0.15, -0.1) is 5.10 Å². The van der Waals surface area contributed by atoms with Gasteiger partial charge in [-0.05, 0) is 64.8 Å². The molecule has 0 radical (unpaired) electrons. The summed E-state index contributed by atoms with van der Waals surface area (Å²) in [7, 11) is 0. The number of hydrogen-bond donors (Lipinski definition) is 1. The van der Waals surface area contributed by atoms with Gasteiger partial charge in [-0.3, -0.25) is 4.79 Å². The molecule has 1 aromatic heterocycles. The number of hydrogen-bond acceptors (Lipinski definition) is 6. The first kappa shape index (κ1) is 21.6. The van der Waals surface area contributed by atoms with Crippen molar-refractivity contribution in [1.82, 2.24) is 25.2 Å². The molecule has 2 aromatic rings. The van der Waals surface area contributed by atoms with Crippen LogP contribution in [0, 0.1) is 0 Å². The third-order valence-corrected chi connectivity index (χ3v) is 4.63. The normalized spacial score (nSPS) is 15.0. The lowest BCUT2D eigenvalue weighted by Crippen LogP contribution is -2.47. The minimum atomic E-state index is -0.532. The fraction of sp³-hybridized carbons (Fsp3) is 0.524. The van der Waals surface area contributed by atoms with E-state index in [1.54, 1.807) is 15.8 Å². The highest BCUT2D eigenvalue weighted by Gasteiger charge is 2.27. The summed E-state index contributed by atoms with van der Waals surface area (Å²) in [5.41, 5.74) is 0.559. The first-order valence-corrected chi connectivity index (χ1v) is 10.2. The van der Waals surface area contributed by atoms with E-state index in [1.807, 2.05) is 52.0 Å². The molecular formula is C21H29N5O4. The van der Waals surface area contributed by atoms with Gasteiger partial charge in [0.05, 0.1) is 18.5 Å². The van der Waals surface area contributed by atoms with Crippen LogP contribution in [0.1, 0.15) is 51.0 Å². The fourth-order valence-electron chi connectivity index (χ4n) is 3.21. The van der Waals surface area contributed by atoms with E-state index >= 15 is 0 Å². The molecule has 1 aliphatic rings. The van der Waals surface area contributed by atoms with Gasteiger partial charge in [-0.2, -0.15) is 0 Å². The lowest BCUT2D eigenvalue weighted by Gasteiger charge is -2.32. The number of rotatable bonds is 5. The fourth-order valence-corrected chi connectivity index (χ4v) is 3.21. The predicted molar refractivity (Wildman–Crippen MR) is 111 cm³/mol. The quantitative estimate of drug-likeness (QED) is 0.806. The Balaban J connectivity index is 1.54. The van der Waals surface area contributed by atoms with Gasteiger partial charge in [-0.1, -0.05) is 5.21 Å². The van der Waals surface area contributed by atoms with E-state index in [-0.39, 0.29) is 11.9 Å². The molecule has 1 aromatic carbocycles. The minimum Gasteiger partial charge on any atom is -0.494 e. The molecule has 162 valence electrons. The Bertz CT molecular complexity index is 864. The van der Waals surface area contributed by atoms with E-state index in [0.717, 1.165) is 11.4 Å². The van der Waals surface area contributed by atoms with E-state index < -0.39 is 11.7 Å². The number of ether oxygens (including phenoxy) is 2. The maximum Gasteiger partial charge on any atom is 0.407 e. The number of likely N-dealkylation sites (tertiary alicyclic amines) is 1. The highest BCUT2D eigenvalue weighted by molar-refractivity contribution is 5.92. The first-order valence-electron chi connectivity index (χ1n) is 10.2. The van der Waals surface area contributed by atoms with Crippen molar-refractivity contribution in [3.05, 3.63) is 36.2 Å². The number of piperidine rings is 1. The molecule has 1 aliphatic heterocycles. The lowest BCUT2D eigenvalue weighted by atomic mass is 10.0. The molecule has 9 heteroatoms. The van der Waals surface area contributed by atoms with Gasteiger partial charge in [0.2, 0.25) is 0 Å². The summed E-state index contributed by atoms with van der Waals surface area (Å²) in [5.74, 6) is 0.614. The van der Waals surface area contributed by atoms with Gasteiger partial charge in [0.15, 0.2) is 5.69 Å². The molecule has 3 rings (SSSR count). The summed E-state index contributed by atoms with van der Waals surface area (Å²) in [6.45, 7) is 9.09. The Morgan fingerprint density at radius 3 is 2.43 bits per heavy atom. The number of aromatic nitrogens is 3. The third-order valence-electron chi connectivity index (χ3n) is 4.63. The molecule has 30 heavy (non-hydrogen) atoms. The summed E-state index contributed by atoms with van der Waals surface area (Å²) in [4.78, 5) is 26.4. The molecule has 0 bridgehead atoms. The van der Waals surface area contributed by atoms with E-state index in [9.17, 15) is 9.59 Å². The van der Waals surface area contributed by atoms with Crippen LogP contribution in [0.5, 0.6) is 5.75 Å². The first-order chi connectivity index (χ1) is 14.2. The van der Waals surface area contributed by atoms with Crippen LogP contribution in [-0.4, -0.2) is 63.2 Å². The molecular weight excluding hydrogens is 386 g/mol. The summed E-state index contributed by atoms with van der Waals surface area (Å²) in [6, 6.07) is 7.42. The van der Waals surface area contributed by atoms with Gasteiger partial charge in [-0.25, -0.2) is 9.48 Å². The highest BCUT2D eigenvalue weighted by atomic mass is 16.6. The second kappa shape index (κ2) is 9.15. The van der Waals surface area contributed by atoms with E-state index in [0.29, 0.717) is 38.2 Å². The number of alkyl carbamates (subject to hydrolysis) is 1. The zero-order chi connectivity index (χ0) is 21.7. The maximum atomic E-state index is 12.8. The molecule has 9 nitrogen and oxygen atoms in total. The van der Waals surface area contributed by atoms with Crippen molar-refractivity contribution < 1.29 is 19.1 Å². The SMILES string of the molecule is CCOc1ccc(-n2cc(C(=O)N3CCC(NC(=O)OC(C)(C)C)CC3)nn2)cc1. The van der Waals surface area contributed by atoms with Crippen LogP contribution in [0.25, 0.3) is 5.69 Å². The summed E-state index contributed by atoms with van der Waals surface area (Å²) >= 11 is 0. The van der Waals surface area contributed by atoms with Crippen molar-refractivity contribution in [2.24, 2.45) is 0 Å². The van der Waals surface area contributed by atoms with Gasteiger partial charge in [0, 0.05) is 19.1 Å². The molecule has 2 amide bonds. The van der Waals surface area contributed by atoms with Crippen LogP contribution < -0.4 is 10.1 Å². The van der Waals surface area contributed by atoms with Crippen LogP contribution in [0.15, 0.2) is 30.5 Å². The van der Waals surface area contributed by atoms with Crippen LogP contribution in [0.3, 0.4) is 0 Å². The summed E-state index contributed by atoms with van der Waals surface area (Å²) < 4.78 is 12.3. The summed E-state index contributed by atoms with van der Waals surface area (Å²) in [5, 5.41) is 11.0. The number of benzene rings is 1. The average molecular weight is 415 g/mol. The number of carbonyl (C=O) groups is 2. The van der Waals surface area contributed by atoms with Crippen molar-refractivity contribution >= 4 is 12.0 Å². The van der Waals surface area contributed by atoms with Gasteiger partial charge in [0.1, 0.15) is 11.4 Å². The Morgan fingerprint density at radius 1 is 1.17 bits per heavy atom. The second-order valence-electron chi connectivity index (χ2n) is 8.19. The Kier molecular flexibility index (Phi) is 6.59. The lowest BCUT2D eigenvalue weighted by molar-refractivity contribution is 0.0473. The van der Waals surface area contributed by atoms with Crippen LogP contribution in [0.2, 0.25) is 0 Å². The zero-order valence-electron chi connectivity index (χ0n) is 17.9. The van der Waals surface area contributed by atoms with E-state index in [1.165, 1.54) is 0 Å². The average Bonchev–Trinajstić information content (AvgIpc) is 3.17. The second-order valence-corrected chi connectivity index (χ2v) is 8.19. The molecule has 0 unspecified atom stereocenters. The third kappa shape index (κ3) is 5.71. The van der Waals surface area contributed by atoms with Gasteiger partial charge in [0.25, 0.3) is 5.91 Å².